The molecule has 1 saturated heterocycles. The number of nitriles is 1. The normalized spacial score (nSPS) is 19.5. The maximum absolute atomic E-state index is 13.0. The summed E-state index contributed by atoms with van der Waals surface area (Å²) in [5.74, 6) is 0.900. The van der Waals surface area contributed by atoms with Crippen LogP contribution in [0.25, 0.3) is 10.8 Å². The highest BCUT2D eigenvalue weighted by molar-refractivity contribution is 8.00. The summed E-state index contributed by atoms with van der Waals surface area (Å²) in [6.07, 6.45) is -0.0169. The Labute approximate surface area is 239 Å². The number of sulfonamides is 1. The maximum Gasteiger partial charge on any atom is 0.253 e. The molecule has 1 heterocycles. The molecule has 4 rings (SSSR count). The number of halogens is 1. The first kappa shape index (κ1) is 29.6. The Balaban J connectivity index is 1.29. The molecule has 8 nitrogen and oxygen atoms in total. The van der Waals surface area contributed by atoms with Gasteiger partial charge in [-0.2, -0.15) is 5.26 Å². The van der Waals surface area contributed by atoms with Gasteiger partial charge in [0.15, 0.2) is 0 Å². The first-order valence-electron chi connectivity index (χ1n) is 12.6. The van der Waals surface area contributed by atoms with Gasteiger partial charge in [-0.15, -0.1) is 28.2 Å². The summed E-state index contributed by atoms with van der Waals surface area (Å²) in [5.41, 5.74) is 0.160. The van der Waals surface area contributed by atoms with Crippen molar-refractivity contribution < 1.29 is 18.3 Å². The van der Waals surface area contributed by atoms with Crippen molar-refractivity contribution in [2.45, 2.75) is 47.6 Å². The number of alkyl halides is 1. The van der Waals surface area contributed by atoms with E-state index in [9.17, 15) is 18.8 Å². The minimum atomic E-state index is -3.94. The molecule has 0 bridgehead atoms. The molecule has 39 heavy (non-hydrogen) atoms. The highest BCUT2D eigenvalue weighted by Crippen LogP contribution is 2.27. The Kier molecular flexibility index (Phi) is 9.78. The first-order chi connectivity index (χ1) is 18.6. The van der Waals surface area contributed by atoms with Crippen molar-refractivity contribution in [3.8, 4) is 11.8 Å². The highest BCUT2D eigenvalue weighted by atomic mass is 35.5. The number of hydrazine groups is 1. The van der Waals surface area contributed by atoms with Crippen molar-refractivity contribution in [3.05, 3.63) is 72.3 Å². The minimum absolute atomic E-state index is 0.000246. The fourth-order valence-electron chi connectivity index (χ4n) is 4.34. The van der Waals surface area contributed by atoms with E-state index >= 15 is 0 Å². The molecule has 3 N–H and O–H groups in total. The fraction of sp³-hybridized carbons (Fsp3) is 0.393. The predicted octanol–water partition coefficient (Wildman–Crippen LogP) is 3.89. The third kappa shape index (κ3) is 8.08. The van der Waals surface area contributed by atoms with Crippen molar-refractivity contribution in [1.29, 1.82) is 5.26 Å². The Hall–Kier alpha value is -2.36. The monoisotopic (exact) mass is 588 g/mol. The van der Waals surface area contributed by atoms with Gasteiger partial charge in [0.25, 0.3) is 10.0 Å². The van der Waals surface area contributed by atoms with Gasteiger partial charge in [0.1, 0.15) is 29.2 Å². The standard InChI is InChI=1S/C28H33ClN4O4S2/c1-28(2,16-20-10-11-21-6-3-4-7-22(21)14-20)31-18-23(34)19-37-24-8-5-9-25(15-24)39(35,36)32-33-12-13-38-26(17-30)27(33)29/h3-11,14-15,23,26-27,31-32,34H,12-13,16,18-19H2,1-2H3/t23-,26?,27?/m1/s1. The van der Waals surface area contributed by atoms with Gasteiger partial charge in [0.2, 0.25) is 0 Å². The van der Waals surface area contributed by atoms with Crippen LogP contribution < -0.4 is 14.9 Å². The minimum Gasteiger partial charge on any atom is -0.491 e. The number of β-amino-alcohol motifs (C(OH)–C–C–N with tert-alkyl or cyclic N) is 1. The molecule has 2 unspecified atom stereocenters. The highest BCUT2D eigenvalue weighted by Gasteiger charge is 2.33. The van der Waals surface area contributed by atoms with E-state index in [1.165, 1.54) is 45.2 Å². The molecule has 3 atom stereocenters. The number of hydrogen-bond donors (Lipinski definition) is 3. The van der Waals surface area contributed by atoms with Crippen molar-refractivity contribution in [1.82, 2.24) is 15.2 Å². The molecule has 1 fully saturated rings. The average molecular weight is 589 g/mol. The maximum atomic E-state index is 13.0. The molecule has 0 spiro atoms. The van der Waals surface area contributed by atoms with E-state index in [1.54, 1.807) is 12.1 Å². The summed E-state index contributed by atoms with van der Waals surface area (Å²) >= 11 is 7.68. The third-order valence-corrected chi connectivity index (χ3v) is 9.50. The van der Waals surface area contributed by atoms with Crippen molar-refractivity contribution in [3.63, 3.8) is 0 Å². The number of ether oxygens (including phenoxy) is 1. The van der Waals surface area contributed by atoms with Gasteiger partial charge in [-0.1, -0.05) is 48.5 Å². The Morgan fingerprint density at radius 2 is 1.95 bits per heavy atom. The van der Waals surface area contributed by atoms with E-state index in [-0.39, 0.29) is 17.0 Å². The number of thioether (sulfide) groups is 1. The Bertz CT molecular complexity index is 1430. The largest absolute Gasteiger partial charge is 0.491 e. The molecule has 1 aliphatic rings. The van der Waals surface area contributed by atoms with E-state index in [0.717, 1.165) is 6.42 Å². The lowest BCUT2D eigenvalue weighted by molar-refractivity contribution is 0.0987. The SMILES string of the molecule is CC(C)(Cc1ccc2ccccc2c1)NC[C@@H](O)COc1cccc(S(=O)(=O)NN2CCSC(C#N)C2Cl)c1. The number of aliphatic hydroxyl groups excluding tert-OH is 1. The van der Waals surface area contributed by atoms with Gasteiger partial charge in [-0.25, -0.2) is 13.4 Å². The number of nitrogens with zero attached hydrogens (tertiary/aromatic N) is 2. The second-order valence-electron chi connectivity index (χ2n) is 10.1. The number of hydrogen-bond acceptors (Lipinski definition) is 8. The lowest BCUT2D eigenvalue weighted by atomic mass is 9.93. The third-order valence-electron chi connectivity index (χ3n) is 6.38. The van der Waals surface area contributed by atoms with Crippen molar-refractivity contribution in [2.75, 3.05) is 25.4 Å². The van der Waals surface area contributed by atoms with Crippen molar-refractivity contribution in [2.24, 2.45) is 0 Å². The van der Waals surface area contributed by atoms with Gasteiger partial charge in [0.05, 0.1) is 11.0 Å². The van der Waals surface area contributed by atoms with E-state index in [2.05, 4.69) is 60.4 Å². The second kappa shape index (κ2) is 12.9. The smallest absolute Gasteiger partial charge is 0.253 e. The number of fused-ring (bicyclic) bond motifs is 1. The zero-order valence-electron chi connectivity index (χ0n) is 21.9. The summed E-state index contributed by atoms with van der Waals surface area (Å²) in [7, 11) is -3.94. The van der Waals surface area contributed by atoms with Crippen LogP contribution in [-0.2, 0) is 16.4 Å². The van der Waals surface area contributed by atoms with E-state index < -0.39 is 26.9 Å². The summed E-state index contributed by atoms with van der Waals surface area (Å²) in [4.78, 5) is 2.48. The van der Waals surface area contributed by atoms with Crippen LogP contribution in [0.4, 0.5) is 0 Å². The van der Waals surface area contributed by atoms with Crippen LogP contribution in [0.15, 0.2) is 71.6 Å². The molecule has 1 aliphatic heterocycles. The van der Waals surface area contributed by atoms with Crippen molar-refractivity contribution >= 4 is 44.2 Å². The summed E-state index contributed by atoms with van der Waals surface area (Å²) < 4.78 is 31.6. The van der Waals surface area contributed by atoms with Crippen LogP contribution in [-0.4, -0.2) is 66.4 Å². The molecular formula is C28H33ClN4O4S2. The summed E-state index contributed by atoms with van der Waals surface area (Å²) in [6.45, 7) is 4.85. The lowest BCUT2D eigenvalue weighted by Crippen LogP contribution is -2.53. The molecule has 0 aromatic heterocycles. The van der Waals surface area contributed by atoms with Gasteiger partial charge < -0.3 is 15.2 Å². The van der Waals surface area contributed by atoms with Gasteiger partial charge in [-0.05, 0) is 48.7 Å². The topological polar surface area (TPSA) is 115 Å². The summed E-state index contributed by atoms with van der Waals surface area (Å²) in [5, 5.41) is 26.4. The molecule has 0 radical (unpaired) electrons. The number of benzene rings is 3. The average Bonchev–Trinajstić information content (AvgIpc) is 2.92. The zero-order valence-corrected chi connectivity index (χ0v) is 24.3. The van der Waals surface area contributed by atoms with E-state index in [1.807, 2.05) is 12.1 Å². The second-order valence-corrected chi connectivity index (χ2v) is 13.5. The Morgan fingerprint density at radius 1 is 1.18 bits per heavy atom. The lowest BCUT2D eigenvalue weighted by Gasteiger charge is -2.33. The first-order valence-corrected chi connectivity index (χ1v) is 15.6. The van der Waals surface area contributed by atoms with Crippen LogP contribution in [0.3, 0.4) is 0 Å². The quantitative estimate of drug-likeness (QED) is 0.228. The molecule has 208 valence electrons. The van der Waals surface area contributed by atoms with Crippen LogP contribution >= 0.6 is 23.4 Å². The molecule has 11 heteroatoms. The number of aliphatic hydroxyl groups is 1. The fourth-order valence-corrected chi connectivity index (χ4v) is 6.91. The van der Waals surface area contributed by atoms with Gasteiger partial charge in [-0.3, -0.25) is 0 Å². The number of rotatable bonds is 11. The van der Waals surface area contributed by atoms with Gasteiger partial charge in [0, 0.05) is 30.4 Å². The summed E-state index contributed by atoms with van der Waals surface area (Å²) in [6, 6.07) is 22.8. The number of nitrogens with one attached hydrogen (secondary N) is 2. The van der Waals surface area contributed by atoms with Crippen LogP contribution in [0.2, 0.25) is 0 Å². The van der Waals surface area contributed by atoms with Crippen LogP contribution in [0.5, 0.6) is 5.75 Å². The molecular weight excluding hydrogens is 556 g/mol. The van der Waals surface area contributed by atoms with Crippen LogP contribution in [0.1, 0.15) is 19.4 Å². The van der Waals surface area contributed by atoms with Crippen LogP contribution in [0, 0.1) is 11.3 Å². The Morgan fingerprint density at radius 3 is 2.72 bits per heavy atom. The molecule has 0 saturated carbocycles. The molecule has 0 amide bonds. The molecule has 0 aliphatic carbocycles. The predicted molar refractivity (Wildman–Crippen MR) is 156 cm³/mol. The zero-order chi connectivity index (χ0) is 28.0. The van der Waals surface area contributed by atoms with E-state index in [0.29, 0.717) is 24.6 Å². The van der Waals surface area contributed by atoms with Gasteiger partial charge >= 0.3 is 0 Å². The van der Waals surface area contributed by atoms with E-state index in [4.69, 9.17) is 16.3 Å². The molecule has 3 aromatic carbocycles. The molecule has 3 aromatic rings.